The number of hydrogen-bond donors (Lipinski definition) is 0. The van der Waals surface area contributed by atoms with Gasteiger partial charge in [-0.25, -0.2) is 0 Å². The predicted octanol–water partition coefficient (Wildman–Crippen LogP) is 4.88. The number of carbonyl (C=O) groups is 1. The van der Waals surface area contributed by atoms with Gasteiger partial charge < -0.3 is 0 Å². The maximum atomic E-state index is 10.4. The van der Waals surface area contributed by atoms with Crippen molar-refractivity contribution in [1.29, 1.82) is 0 Å². The number of hydrogen-bond acceptors (Lipinski definition) is 1. The predicted molar refractivity (Wildman–Crippen MR) is 85.3 cm³/mol. The maximum absolute atomic E-state index is 10.4. The van der Waals surface area contributed by atoms with Crippen molar-refractivity contribution in [2.75, 3.05) is 0 Å². The van der Waals surface area contributed by atoms with E-state index in [1.807, 2.05) is 24.3 Å². The van der Waals surface area contributed by atoms with Crippen LogP contribution in [0.25, 0.3) is 5.57 Å². The summed E-state index contributed by atoms with van der Waals surface area (Å²) >= 11 is 0. The molecule has 0 atom stereocenters. The lowest BCUT2D eigenvalue weighted by atomic mass is 9.97. The van der Waals surface area contributed by atoms with E-state index in [9.17, 15) is 4.79 Å². The van der Waals surface area contributed by atoms with Crippen LogP contribution in [0.5, 0.6) is 0 Å². The number of rotatable bonds is 5. The molecule has 102 valence electrons. The molecule has 0 aliphatic heterocycles. The third kappa shape index (κ3) is 4.51. The van der Waals surface area contributed by atoms with Gasteiger partial charge in [0.15, 0.2) is 0 Å². The Morgan fingerprint density at radius 2 is 1.90 bits per heavy atom. The van der Waals surface area contributed by atoms with Crippen LogP contribution >= 0.6 is 0 Å². The van der Waals surface area contributed by atoms with Crippen molar-refractivity contribution in [2.24, 2.45) is 0 Å². The van der Waals surface area contributed by atoms with Gasteiger partial charge in [-0.2, -0.15) is 0 Å². The van der Waals surface area contributed by atoms with Crippen LogP contribution in [-0.4, -0.2) is 6.29 Å². The van der Waals surface area contributed by atoms with Gasteiger partial charge in [-0.05, 0) is 42.9 Å². The van der Waals surface area contributed by atoms with Crippen LogP contribution < -0.4 is 0 Å². The highest BCUT2D eigenvalue weighted by atomic mass is 16.1. The lowest BCUT2D eigenvalue weighted by Crippen LogP contribution is -1.88. The van der Waals surface area contributed by atoms with E-state index in [1.54, 1.807) is 6.08 Å². The highest BCUT2D eigenvalue weighted by Gasteiger charge is 2.01. The lowest BCUT2D eigenvalue weighted by molar-refractivity contribution is -0.104. The smallest absolute Gasteiger partial charge is 0.142 e. The molecule has 0 bridgehead atoms. The average Bonchev–Trinajstić information content (AvgIpc) is 2.52. The molecule has 0 radical (unpaired) electrons. The molecule has 1 aliphatic carbocycles. The highest BCUT2D eigenvalue weighted by Crippen LogP contribution is 2.21. The summed E-state index contributed by atoms with van der Waals surface area (Å²) in [5, 5.41) is 0. The first-order chi connectivity index (χ1) is 9.90. The first-order valence-electron chi connectivity index (χ1n) is 7.15. The van der Waals surface area contributed by atoms with Crippen molar-refractivity contribution in [3.8, 4) is 0 Å². The SMILES string of the molecule is O=C/C=C/C=C(/C=C/C1=CCCCC1)c1ccccc1. The summed E-state index contributed by atoms with van der Waals surface area (Å²) in [5.41, 5.74) is 3.70. The summed E-state index contributed by atoms with van der Waals surface area (Å²) in [6, 6.07) is 10.2. The summed E-state index contributed by atoms with van der Waals surface area (Å²) in [6.07, 6.45) is 17.7. The third-order valence-electron chi connectivity index (χ3n) is 3.38. The van der Waals surface area contributed by atoms with Crippen molar-refractivity contribution in [1.82, 2.24) is 0 Å². The van der Waals surface area contributed by atoms with Gasteiger partial charge in [-0.1, -0.05) is 66.3 Å². The first kappa shape index (κ1) is 14.3. The van der Waals surface area contributed by atoms with Crippen molar-refractivity contribution in [2.45, 2.75) is 25.7 Å². The maximum Gasteiger partial charge on any atom is 0.142 e. The van der Waals surface area contributed by atoms with Crippen LogP contribution in [0.15, 0.2) is 72.4 Å². The summed E-state index contributed by atoms with van der Waals surface area (Å²) in [4.78, 5) is 10.4. The zero-order chi connectivity index (χ0) is 14.0. The van der Waals surface area contributed by atoms with Gasteiger partial charge in [0.05, 0.1) is 0 Å². The Balaban J connectivity index is 2.20. The zero-order valence-electron chi connectivity index (χ0n) is 11.7. The van der Waals surface area contributed by atoms with E-state index in [0.717, 1.165) is 17.4 Å². The monoisotopic (exact) mass is 264 g/mol. The van der Waals surface area contributed by atoms with E-state index in [1.165, 1.54) is 37.3 Å². The van der Waals surface area contributed by atoms with E-state index < -0.39 is 0 Å². The largest absolute Gasteiger partial charge is 0.299 e. The number of allylic oxidation sites excluding steroid dienone is 8. The Morgan fingerprint density at radius 1 is 1.05 bits per heavy atom. The molecule has 0 saturated carbocycles. The molecule has 20 heavy (non-hydrogen) atoms. The van der Waals surface area contributed by atoms with Gasteiger partial charge in [0, 0.05) is 0 Å². The van der Waals surface area contributed by atoms with Gasteiger partial charge >= 0.3 is 0 Å². The number of benzene rings is 1. The molecule has 1 heteroatoms. The molecule has 1 nitrogen and oxygen atoms in total. The fraction of sp³-hybridized carbons (Fsp3) is 0.211. The van der Waals surface area contributed by atoms with Crippen molar-refractivity contribution < 1.29 is 4.79 Å². The zero-order valence-corrected chi connectivity index (χ0v) is 11.7. The molecular formula is C19H20O. The second-order valence-electron chi connectivity index (χ2n) is 4.87. The summed E-state index contributed by atoms with van der Waals surface area (Å²) in [6.45, 7) is 0. The molecule has 1 aromatic rings. The molecule has 0 aromatic heterocycles. The minimum absolute atomic E-state index is 0.798. The lowest BCUT2D eigenvalue weighted by Gasteiger charge is -2.09. The topological polar surface area (TPSA) is 17.1 Å². The number of aldehydes is 1. The van der Waals surface area contributed by atoms with E-state index in [4.69, 9.17) is 0 Å². The van der Waals surface area contributed by atoms with Crippen LogP contribution in [0.4, 0.5) is 0 Å². The third-order valence-corrected chi connectivity index (χ3v) is 3.38. The Morgan fingerprint density at radius 3 is 2.60 bits per heavy atom. The van der Waals surface area contributed by atoms with E-state index in [2.05, 4.69) is 30.4 Å². The Bertz CT molecular complexity index is 544. The second kappa shape index (κ2) is 8.11. The molecule has 2 rings (SSSR count). The fourth-order valence-corrected chi connectivity index (χ4v) is 2.29. The standard InChI is InChI=1S/C19H20O/c20-16-8-7-13-19(18-11-5-2-6-12-18)15-14-17-9-3-1-4-10-17/h2,5-9,11-16H,1,3-4,10H2/b8-7+,15-14+,19-13-. The van der Waals surface area contributed by atoms with Crippen LogP contribution in [0.3, 0.4) is 0 Å². The summed E-state index contributed by atoms with van der Waals surface area (Å²) < 4.78 is 0. The highest BCUT2D eigenvalue weighted by molar-refractivity contribution is 5.76. The van der Waals surface area contributed by atoms with E-state index in [-0.39, 0.29) is 0 Å². The number of carbonyl (C=O) groups excluding carboxylic acids is 1. The molecule has 0 unspecified atom stereocenters. The quantitative estimate of drug-likeness (QED) is 0.421. The molecule has 1 aromatic carbocycles. The van der Waals surface area contributed by atoms with Gasteiger partial charge in [-0.15, -0.1) is 0 Å². The summed E-state index contributed by atoms with van der Waals surface area (Å²) in [7, 11) is 0. The molecule has 0 amide bonds. The summed E-state index contributed by atoms with van der Waals surface area (Å²) in [5.74, 6) is 0. The normalized spacial score (nSPS) is 16.6. The van der Waals surface area contributed by atoms with E-state index in [0.29, 0.717) is 0 Å². The van der Waals surface area contributed by atoms with Crippen LogP contribution in [0.2, 0.25) is 0 Å². The Hall–Kier alpha value is -2.15. The van der Waals surface area contributed by atoms with Gasteiger partial charge in [0.1, 0.15) is 6.29 Å². The molecule has 0 fully saturated rings. The van der Waals surface area contributed by atoms with Crippen molar-refractivity contribution in [3.05, 3.63) is 77.9 Å². The van der Waals surface area contributed by atoms with Gasteiger partial charge in [-0.3, -0.25) is 4.79 Å². The van der Waals surface area contributed by atoms with Crippen molar-refractivity contribution >= 4 is 11.9 Å². The minimum atomic E-state index is 0.798. The van der Waals surface area contributed by atoms with Crippen LogP contribution in [0, 0.1) is 0 Å². The van der Waals surface area contributed by atoms with Crippen LogP contribution in [0.1, 0.15) is 31.2 Å². The van der Waals surface area contributed by atoms with Gasteiger partial charge in [0.25, 0.3) is 0 Å². The van der Waals surface area contributed by atoms with Crippen molar-refractivity contribution in [3.63, 3.8) is 0 Å². The Labute approximate surface area is 121 Å². The molecule has 0 heterocycles. The molecule has 0 saturated heterocycles. The fourth-order valence-electron chi connectivity index (χ4n) is 2.29. The molecule has 0 spiro atoms. The molecule has 1 aliphatic rings. The molecule has 0 N–H and O–H groups in total. The first-order valence-corrected chi connectivity index (χ1v) is 7.15. The van der Waals surface area contributed by atoms with E-state index >= 15 is 0 Å². The second-order valence-corrected chi connectivity index (χ2v) is 4.87. The Kier molecular flexibility index (Phi) is 5.78. The minimum Gasteiger partial charge on any atom is -0.299 e. The average molecular weight is 264 g/mol. The van der Waals surface area contributed by atoms with Crippen LogP contribution in [-0.2, 0) is 4.79 Å². The molecular weight excluding hydrogens is 244 g/mol. The van der Waals surface area contributed by atoms with Gasteiger partial charge in [0.2, 0.25) is 0 Å².